The third-order valence-electron chi connectivity index (χ3n) is 3.73. The number of carboxylic acid groups (broad SMARTS) is 1. The zero-order valence-electron chi connectivity index (χ0n) is 10.6. The summed E-state index contributed by atoms with van der Waals surface area (Å²) in [7, 11) is 0. The first kappa shape index (κ1) is 14.0. The number of rotatable bonds is 4. The molecule has 3 N–H and O–H groups in total. The van der Waals surface area contributed by atoms with Crippen molar-refractivity contribution in [2.75, 3.05) is 13.1 Å². The lowest BCUT2D eigenvalue weighted by Crippen LogP contribution is -2.52. The van der Waals surface area contributed by atoms with Crippen molar-refractivity contribution in [3.8, 4) is 0 Å². The van der Waals surface area contributed by atoms with Crippen LogP contribution in [0.25, 0.3) is 0 Å². The van der Waals surface area contributed by atoms with Gasteiger partial charge in [0.15, 0.2) is 0 Å². The lowest BCUT2D eigenvalue weighted by molar-refractivity contribution is -0.147. The van der Waals surface area contributed by atoms with Crippen molar-refractivity contribution >= 4 is 11.9 Å². The van der Waals surface area contributed by atoms with Crippen molar-refractivity contribution in [2.45, 2.75) is 45.1 Å². The van der Waals surface area contributed by atoms with Crippen LogP contribution in [-0.4, -0.2) is 40.5 Å². The summed E-state index contributed by atoms with van der Waals surface area (Å²) in [6.07, 6.45) is 1.94. The van der Waals surface area contributed by atoms with E-state index in [-0.39, 0.29) is 11.8 Å². The van der Waals surface area contributed by atoms with Crippen molar-refractivity contribution < 1.29 is 14.7 Å². The van der Waals surface area contributed by atoms with Crippen LogP contribution in [0.3, 0.4) is 0 Å². The molecule has 0 atom stereocenters. The largest absolute Gasteiger partial charge is 0.480 e. The minimum Gasteiger partial charge on any atom is -0.480 e. The van der Waals surface area contributed by atoms with E-state index in [4.69, 9.17) is 10.8 Å². The van der Waals surface area contributed by atoms with Crippen LogP contribution in [0.1, 0.15) is 39.5 Å². The lowest BCUT2D eigenvalue weighted by Gasteiger charge is -2.35. The molecule has 0 unspecified atom stereocenters. The molecule has 1 fully saturated rings. The molecule has 0 bridgehead atoms. The summed E-state index contributed by atoms with van der Waals surface area (Å²) >= 11 is 0. The van der Waals surface area contributed by atoms with Gasteiger partial charge in [-0.25, -0.2) is 0 Å². The summed E-state index contributed by atoms with van der Waals surface area (Å²) in [5.41, 5.74) is 4.66. The van der Waals surface area contributed by atoms with Crippen LogP contribution in [0.2, 0.25) is 0 Å². The Kier molecular flexibility index (Phi) is 4.51. The van der Waals surface area contributed by atoms with Crippen molar-refractivity contribution in [1.29, 1.82) is 0 Å². The highest BCUT2D eigenvalue weighted by Gasteiger charge is 2.40. The molecule has 0 spiro atoms. The van der Waals surface area contributed by atoms with E-state index >= 15 is 0 Å². The molecule has 0 aliphatic heterocycles. The van der Waals surface area contributed by atoms with Gasteiger partial charge in [-0.15, -0.1) is 0 Å². The van der Waals surface area contributed by atoms with Crippen LogP contribution < -0.4 is 5.73 Å². The first-order valence-electron chi connectivity index (χ1n) is 6.25. The van der Waals surface area contributed by atoms with Crippen molar-refractivity contribution in [3.05, 3.63) is 0 Å². The van der Waals surface area contributed by atoms with E-state index in [1.54, 1.807) is 4.90 Å². The molecule has 5 nitrogen and oxygen atoms in total. The average Bonchev–Trinajstić information content (AvgIpc) is 2.31. The fraction of sp³-hybridized carbons (Fsp3) is 0.833. The molecule has 98 valence electrons. The molecule has 17 heavy (non-hydrogen) atoms. The quantitative estimate of drug-likeness (QED) is 0.764. The fourth-order valence-corrected chi connectivity index (χ4v) is 2.39. The molecule has 1 aliphatic rings. The van der Waals surface area contributed by atoms with Gasteiger partial charge in [-0.05, 0) is 39.5 Å². The molecule has 0 aromatic rings. The molecule has 0 aromatic carbocycles. The number of carbonyl (C=O) groups is 2. The molecular weight excluding hydrogens is 220 g/mol. The Morgan fingerprint density at radius 3 is 2.12 bits per heavy atom. The Morgan fingerprint density at radius 1 is 1.29 bits per heavy atom. The molecule has 0 heterocycles. The number of amides is 1. The molecule has 1 amide bonds. The first-order chi connectivity index (χ1) is 7.94. The minimum atomic E-state index is -1.12. The van der Waals surface area contributed by atoms with Gasteiger partial charge in [-0.2, -0.15) is 0 Å². The number of aliphatic carboxylic acids is 1. The monoisotopic (exact) mass is 242 g/mol. The summed E-state index contributed by atoms with van der Waals surface area (Å²) in [6, 6.07) is 0. The lowest BCUT2D eigenvalue weighted by atomic mass is 9.76. The number of carbonyl (C=O) groups excluding carboxylic acids is 1. The van der Waals surface area contributed by atoms with Crippen molar-refractivity contribution in [3.63, 3.8) is 0 Å². The predicted octanol–water partition coefficient (Wildman–Crippen LogP) is 0.827. The van der Waals surface area contributed by atoms with Gasteiger partial charge in [0.25, 0.3) is 0 Å². The molecule has 1 aliphatic carbocycles. The highest BCUT2D eigenvalue weighted by molar-refractivity contribution is 5.81. The molecular formula is C12H22N2O3. The number of hydrogen-bond acceptors (Lipinski definition) is 3. The van der Waals surface area contributed by atoms with Crippen LogP contribution in [0.15, 0.2) is 0 Å². The number of nitrogens with zero attached hydrogens (tertiary/aromatic N) is 1. The van der Waals surface area contributed by atoms with Gasteiger partial charge in [0, 0.05) is 19.0 Å². The zero-order valence-corrected chi connectivity index (χ0v) is 10.6. The van der Waals surface area contributed by atoms with Crippen LogP contribution >= 0.6 is 0 Å². The number of carboxylic acids is 1. The van der Waals surface area contributed by atoms with Gasteiger partial charge in [0.05, 0.1) is 0 Å². The fourth-order valence-electron chi connectivity index (χ4n) is 2.39. The standard InChI is InChI=1S/C12H22N2O3/c1-3-14(4-2)10(15)9-5-7-12(13,8-6-9)11(16)17/h9H,3-8,13H2,1-2H3,(H,16,17). The summed E-state index contributed by atoms with van der Waals surface area (Å²) in [4.78, 5) is 24.9. The van der Waals surface area contributed by atoms with E-state index in [9.17, 15) is 9.59 Å². The number of hydrogen-bond donors (Lipinski definition) is 2. The summed E-state index contributed by atoms with van der Waals surface area (Å²) < 4.78 is 0. The van der Waals surface area contributed by atoms with E-state index in [0.29, 0.717) is 38.8 Å². The maximum Gasteiger partial charge on any atom is 0.323 e. The van der Waals surface area contributed by atoms with Gasteiger partial charge >= 0.3 is 5.97 Å². The van der Waals surface area contributed by atoms with Gasteiger partial charge in [0.1, 0.15) is 5.54 Å². The van der Waals surface area contributed by atoms with Crippen LogP contribution in [0.4, 0.5) is 0 Å². The third kappa shape index (κ3) is 2.97. The Balaban J connectivity index is 2.58. The van der Waals surface area contributed by atoms with E-state index < -0.39 is 11.5 Å². The van der Waals surface area contributed by atoms with Crippen molar-refractivity contribution in [2.24, 2.45) is 11.7 Å². The molecule has 0 radical (unpaired) electrons. The van der Waals surface area contributed by atoms with E-state index in [2.05, 4.69) is 0 Å². The van der Waals surface area contributed by atoms with E-state index in [1.807, 2.05) is 13.8 Å². The Morgan fingerprint density at radius 2 is 1.76 bits per heavy atom. The van der Waals surface area contributed by atoms with Crippen LogP contribution in [0, 0.1) is 5.92 Å². The highest BCUT2D eigenvalue weighted by Crippen LogP contribution is 2.31. The smallest absolute Gasteiger partial charge is 0.323 e. The zero-order chi connectivity index (χ0) is 13.1. The highest BCUT2D eigenvalue weighted by atomic mass is 16.4. The first-order valence-corrected chi connectivity index (χ1v) is 6.25. The molecule has 1 rings (SSSR count). The molecule has 0 aromatic heterocycles. The normalized spacial score (nSPS) is 28.8. The second-order valence-corrected chi connectivity index (χ2v) is 4.75. The summed E-state index contributed by atoms with van der Waals surface area (Å²) in [5.74, 6) is -0.861. The summed E-state index contributed by atoms with van der Waals surface area (Å²) in [6.45, 7) is 5.32. The molecule has 1 saturated carbocycles. The average molecular weight is 242 g/mol. The Bertz CT molecular complexity index is 292. The SMILES string of the molecule is CCN(CC)C(=O)C1CCC(N)(C(=O)O)CC1. The maximum atomic E-state index is 12.1. The van der Waals surface area contributed by atoms with E-state index in [0.717, 1.165) is 0 Å². The van der Waals surface area contributed by atoms with Gasteiger partial charge < -0.3 is 15.7 Å². The second-order valence-electron chi connectivity index (χ2n) is 4.75. The van der Waals surface area contributed by atoms with E-state index in [1.165, 1.54) is 0 Å². The second kappa shape index (κ2) is 5.49. The maximum absolute atomic E-state index is 12.1. The topological polar surface area (TPSA) is 83.6 Å². The van der Waals surface area contributed by atoms with Crippen LogP contribution in [0.5, 0.6) is 0 Å². The Hall–Kier alpha value is -1.10. The van der Waals surface area contributed by atoms with Gasteiger partial charge in [0.2, 0.25) is 5.91 Å². The van der Waals surface area contributed by atoms with Crippen molar-refractivity contribution in [1.82, 2.24) is 4.90 Å². The molecule has 5 heteroatoms. The van der Waals surface area contributed by atoms with Crippen LogP contribution in [-0.2, 0) is 9.59 Å². The molecule has 0 saturated heterocycles. The minimum absolute atomic E-state index is 0.0501. The summed E-state index contributed by atoms with van der Waals surface area (Å²) in [5, 5.41) is 9.00. The third-order valence-corrected chi connectivity index (χ3v) is 3.73. The number of nitrogens with two attached hydrogens (primary N) is 1. The predicted molar refractivity (Wildman–Crippen MR) is 64.4 cm³/mol. The Labute approximate surface area is 102 Å². The van der Waals surface area contributed by atoms with Gasteiger partial charge in [-0.3, -0.25) is 9.59 Å². The van der Waals surface area contributed by atoms with Gasteiger partial charge in [-0.1, -0.05) is 0 Å².